The third-order valence-corrected chi connectivity index (χ3v) is 11.3. The van der Waals surface area contributed by atoms with Crippen LogP contribution in [0.4, 0.5) is 88.2 Å². The number of oxime groups is 4. The zero-order valence-corrected chi connectivity index (χ0v) is 45.8. The van der Waals surface area contributed by atoms with Crippen LogP contribution in [0.15, 0.2) is 131 Å². The van der Waals surface area contributed by atoms with Crippen molar-refractivity contribution >= 4 is 99.8 Å². The minimum atomic E-state index is -0.968. The summed E-state index contributed by atoms with van der Waals surface area (Å²) in [5.41, 5.74) is 30.7. The maximum atomic E-state index is 13.5. The monoisotopic (exact) mass is 1140 g/mol. The van der Waals surface area contributed by atoms with E-state index in [1.54, 1.807) is 19.1 Å². The summed E-state index contributed by atoms with van der Waals surface area (Å²) in [6.07, 6.45) is 11.0. The van der Waals surface area contributed by atoms with Crippen molar-refractivity contribution in [1.82, 2.24) is 39.9 Å². The molecule has 1 aliphatic heterocycles. The van der Waals surface area contributed by atoms with Crippen LogP contribution in [-0.4, -0.2) is 119 Å². The molecule has 4 aromatic carbocycles. The van der Waals surface area contributed by atoms with Gasteiger partial charge in [0.1, 0.15) is 106 Å². The topological polar surface area (TPSA) is 354 Å². The van der Waals surface area contributed by atoms with Crippen LogP contribution in [0.2, 0.25) is 0 Å². The van der Waals surface area contributed by atoms with Gasteiger partial charge in [-0.15, -0.1) is 0 Å². The average Bonchev–Trinajstić information content (AvgIpc) is 3.49. The highest BCUT2D eigenvalue weighted by atomic mass is 19.2. The second kappa shape index (κ2) is 31.6. The van der Waals surface area contributed by atoms with Gasteiger partial charge in [0.05, 0.1) is 60.3 Å². The molecule has 1 aliphatic rings. The number of aryl methyl sites for hydroxylation is 2. The molecule has 0 atom stereocenters. The Morgan fingerprint density at radius 2 is 0.843 bits per heavy atom. The molecule has 0 unspecified atom stereocenters. The maximum absolute atomic E-state index is 13.5. The van der Waals surface area contributed by atoms with Crippen molar-refractivity contribution in [2.24, 2.45) is 20.6 Å². The third kappa shape index (κ3) is 18.3. The molecule has 0 spiro atoms. The molecule has 83 heavy (non-hydrogen) atoms. The van der Waals surface area contributed by atoms with Crippen LogP contribution in [0.1, 0.15) is 33.4 Å². The van der Waals surface area contributed by atoms with E-state index < -0.39 is 11.6 Å². The molecule has 0 aliphatic carbocycles. The molecule has 26 nitrogen and oxygen atoms in total. The minimum absolute atomic E-state index is 0.172. The molecule has 4 aromatic heterocycles. The van der Waals surface area contributed by atoms with Gasteiger partial charge in [0.15, 0.2) is 11.6 Å². The highest BCUT2D eigenvalue weighted by Gasteiger charge is 2.15. The summed E-state index contributed by atoms with van der Waals surface area (Å²) in [4.78, 5) is 52.9. The first kappa shape index (κ1) is 61.2. The summed E-state index contributed by atoms with van der Waals surface area (Å²) in [5.74, 6) is 0.759. The number of anilines is 13. The van der Waals surface area contributed by atoms with Gasteiger partial charge in [-0.3, -0.25) is 0 Å². The number of hydrogen-bond acceptors (Lipinski definition) is 26. The van der Waals surface area contributed by atoms with E-state index in [4.69, 9.17) is 32.5 Å². The van der Waals surface area contributed by atoms with Crippen LogP contribution in [0.5, 0.6) is 0 Å². The number of rotatable bonds is 17. The Kier molecular flexibility index (Phi) is 23.3. The molecule has 0 saturated carbocycles. The fourth-order valence-electron chi connectivity index (χ4n) is 7.04. The second-order valence-electron chi connectivity index (χ2n) is 16.8. The quantitative estimate of drug-likeness (QED) is 0.0316. The lowest BCUT2D eigenvalue weighted by atomic mass is 10.2. The summed E-state index contributed by atoms with van der Waals surface area (Å²) in [6.45, 7) is 7.05. The summed E-state index contributed by atoms with van der Waals surface area (Å²) in [7, 11) is 5.72. The average molecular weight is 1140 g/mol. The van der Waals surface area contributed by atoms with Gasteiger partial charge in [-0.25, -0.2) is 53.0 Å². The van der Waals surface area contributed by atoms with Crippen molar-refractivity contribution in [2.75, 3.05) is 104 Å². The SMILES string of the molecule is CO/N=C/c1c(N)ncnc1Nc1ccc(C)c(F)c1.CO/N=C/c1c(N)ncnc1Nc1ccc(F)c(F)c1.CO/N=C/c1c(N)ncnc1Nc1ccc(N2CCOCC2)cc1.CO/N=C/c1c(N)ncnc1Nc1ccccc1C. The van der Waals surface area contributed by atoms with Gasteiger partial charge in [-0.05, 0) is 79.6 Å². The number of benzene rings is 4. The lowest BCUT2D eigenvalue weighted by molar-refractivity contribution is 0.122. The zero-order valence-electron chi connectivity index (χ0n) is 45.8. The van der Waals surface area contributed by atoms with E-state index in [1.807, 2.05) is 43.3 Å². The molecular formula is C54H60F3N21O5. The molecular weight excluding hydrogens is 1080 g/mol. The Balaban J connectivity index is 0.000000178. The highest BCUT2D eigenvalue weighted by Crippen LogP contribution is 2.27. The predicted octanol–water partition coefficient (Wildman–Crippen LogP) is 8.00. The van der Waals surface area contributed by atoms with Gasteiger partial charge in [0.2, 0.25) is 0 Å². The molecule has 8 aromatic rings. The van der Waals surface area contributed by atoms with E-state index in [1.165, 1.54) is 96.4 Å². The van der Waals surface area contributed by atoms with Crippen molar-refractivity contribution in [3.63, 3.8) is 0 Å². The normalized spacial score (nSPS) is 11.9. The van der Waals surface area contributed by atoms with Gasteiger partial charge in [0, 0.05) is 47.6 Å². The fraction of sp³-hybridized carbons (Fsp3) is 0.185. The fourth-order valence-corrected chi connectivity index (χ4v) is 7.04. The lowest BCUT2D eigenvalue weighted by Gasteiger charge is -2.28. The number of nitrogens with one attached hydrogen (secondary N) is 4. The van der Waals surface area contributed by atoms with E-state index in [0.29, 0.717) is 74.1 Å². The van der Waals surface area contributed by atoms with Crippen molar-refractivity contribution in [1.29, 1.82) is 0 Å². The highest BCUT2D eigenvalue weighted by molar-refractivity contribution is 5.95. The van der Waals surface area contributed by atoms with Crippen molar-refractivity contribution in [3.8, 4) is 0 Å². The first-order chi connectivity index (χ1) is 40.2. The first-order valence-electron chi connectivity index (χ1n) is 24.7. The summed E-state index contributed by atoms with van der Waals surface area (Å²) >= 11 is 0. The molecule has 1 fully saturated rings. The number of ether oxygens (including phenoxy) is 1. The predicted molar refractivity (Wildman–Crippen MR) is 315 cm³/mol. The first-order valence-corrected chi connectivity index (χ1v) is 24.7. The van der Waals surface area contributed by atoms with Gasteiger partial charge in [-0.2, -0.15) is 0 Å². The molecule has 9 rings (SSSR count). The Morgan fingerprint density at radius 1 is 0.458 bits per heavy atom. The number of nitrogen functional groups attached to an aromatic ring is 4. The third-order valence-electron chi connectivity index (χ3n) is 11.3. The number of aromatic nitrogens is 8. The largest absolute Gasteiger partial charge is 0.399 e. The number of nitrogens with zero attached hydrogens (tertiary/aromatic N) is 13. The molecule has 5 heterocycles. The second-order valence-corrected chi connectivity index (χ2v) is 16.8. The van der Waals surface area contributed by atoms with Crippen LogP contribution in [0.3, 0.4) is 0 Å². The summed E-state index contributed by atoms with van der Waals surface area (Å²) in [5, 5.41) is 26.9. The van der Waals surface area contributed by atoms with Gasteiger partial charge < -0.3 is 73.2 Å². The van der Waals surface area contributed by atoms with Crippen LogP contribution in [0, 0.1) is 31.3 Å². The number of nitrogens with two attached hydrogens (primary N) is 4. The van der Waals surface area contributed by atoms with Crippen molar-refractivity contribution < 1.29 is 37.3 Å². The van der Waals surface area contributed by atoms with E-state index in [0.717, 1.165) is 55.4 Å². The number of halogens is 3. The van der Waals surface area contributed by atoms with Gasteiger partial charge >= 0.3 is 0 Å². The molecule has 432 valence electrons. The Morgan fingerprint density at radius 3 is 1.25 bits per heavy atom. The zero-order chi connectivity index (χ0) is 59.5. The lowest BCUT2D eigenvalue weighted by Crippen LogP contribution is -2.36. The standard InChI is InChI=1S/C16H20N6O2.C13H14FN5O.C13H15N5O.C12H11F2N5O/c1-23-20-10-14-15(17)18-11-19-16(14)21-12-2-4-13(5-3-12)22-6-8-24-9-7-22;1-8-3-4-9(5-11(8)14)19-13-10(6-18-20-2)12(15)16-7-17-13;1-9-5-3-4-6-11(9)18-13-10(7-17-19-2)12(14)15-8-16-13;1-20-18-5-8-11(15)16-6-17-12(8)19-7-2-3-9(13)10(14)4-7/h2-5,10-11H,6-9H2,1H3,(H3,17,18,19,21);3-7H,1-2H3,(H3,15,16,17,19);3-8H,1-2H3,(H3,14,15,16,18);2-6H,1H3,(H3,15,16,17,19)/b20-10+;18-6+;17-7+;18-5+. The Labute approximate surface area is 474 Å². The Hall–Kier alpha value is -11.0. The van der Waals surface area contributed by atoms with E-state index in [2.05, 4.69) is 113 Å². The van der Waals surface area contributed by atoms with E-state index in [-0.39, 0.29) is 17.5 Å². The summed E-state index contributed by atoms with van der Waals surface area (Å²) in [6, 6.07) is 24.2. The van der Waals surface area contributed by atoms with Crippen molar-refractivity contribution in [2.45, 2.75) is 13.8 Å². The smallest absolute Gasteiger partial charge is 0.160 e. The molecule has 1 saturated heterocycles. The minimum Gasteiger partial charge on any atom is -0.399 e. The van der Waals surface area contributed by atoms with Crippen LogP contribution in [0.25, 0.3) is 0 Å². The summed E-state index contributed by atoms with van der Waals surface area (Å²) < 4.78 is 44.9. The maximum Gasteiger partial charge on any atom is 0.160 e. The Bertz CT molecular complexity index is 3390. The van der Waals surface area contributed by atoms with Crippen LogP contribution in [-0.2, 0) is 24.1 Å². The van der Waals surface area contributed by atoms with E-state index >= 15 is 0 Å². The van der Waals surface area contributed by atoms with Crippen molar-refractivity contribution in [3.05, 3.63) is 161 Å². The molecule has 12 N–H and O–H groups in total. The molecule has 0 amide bonds. The van der Waals surface area contributed by atoms with E-state index in [9.17, 15) is 13.2 Å². The number of para-hydroxylation sites is 1. The van der Waals surface area contributed by atoms with Gasteiger partial charge in [-0.1, -0.05) is 44.9 Å². The van der Waals surface area contributed by atoms with Gasteiger partial charge in [0.25, 0.3) is 0 Å². The molecule has 0 bridgehead atoms. The number of hydrogen-bond donors (Lipinski definition) is 8. The van der Waals surface area contributed by atoms with Crippen LogP contribution >= 0.6 is 0 Å². The molecule has 29 heteroatoms. The molecule has 0 radical (unpaired) electrons. The number of morpholine rings is 1. The van der Waals surface area contributed by atoms with Crippen LogP contribution < -0.4 is 49.1 Å².